The zero-order chi connectivity index (χ0) is 20.7. The fourth-order valence-electron chi connectivity index (χ4n) is 2.63. The third-order valence-corrected chi connectivity index (χ3v) is 4.05. The number of nitrogens with two attached hydrogens (primary N) is 1. The number of nitrogens with one attached hydrogen (secondary N) is 1. The number of carbonyl (C=O) groups excluding carboxylic acids is 2. The summed E-state index contributed by atoms with van der Waals surface area (Å²) >= 11 is 0. The molecule has 2 heterocycles. The van der Waals surface area contributed by atoms with Crippen LogP contribution in [-0.4, -0.2) is 34.6 Å². The molecule has 2 aromatic rings. The number of esters is 1. The number of anilines is 2. The zero-order valence-corrected chi connectivity index (χ0v) is 15.9. The third-order valence-electron chi connectivity index (χ3n) is 4.05. The van der Waals surface area contributed by atoms with E-state index in [1.807, 2.05) is 13.8 Å². The molecule has 0 radical (unpaired) electrons. The molecule has 0 fully saturated rings. The van der Waals surface area contributed by atoms with Crippen molar-refractivity contribution in [3.05, 3.63) is 45.0 Å². The molecule has 3 N–H and O–H groups in total. The van der Waals surface area contributed by atoms with E-state index in [2.05, 4.69) is 4.98 Å². The topological polar surface area (TPSA) is 141 Å². The van der Waals surface area contributed by atoms with E-state index in [4.69, 9.17) is 14.9 Å². The lowest BCUT2D eigenvalue weighted by molar-refractivity contribution is -0.121. The Kier molecular flexibility index (Phi) is 7.19. The van der Waals surface area contributed by atoms with Crippen LogP contribution < -0.4 is 21.9 Å². The quantitative estimate of drug-likeness (QED) is 0.609. The highest BCUT2D eigenvalue weighted by molar-refractivity contribution is 5.98. The smallest absolute Gasteiger partial charge is 0.341 e. The number of hydrogen-bond acceptors (Lipinski definition) is 7. The van der Waals surface area contributed by atoms with Crippen molar-refractivity contribution >= 4 is 23.4 Å². The summed E-state index contributed by atoms with van der Waals surface area (Å²) in [7, 11) is 0. The Balaban J connectivity index is 2.31. The molecule has 0 unspecified atom stereocenters. The minimum absolute atomic E-state index is 0.0961. The molecule has 2 aromatic heterocycles. The number of nitrogen functional groups attached to an aromatic ring is 1. The number of hydrogen-bond donors (Lipinski definition) is 2. The number of rotatable bonds is 9. The predicted molar refractivity (Wildman–Crippen MR) is 102 cm³/mol. The molecule has 0 aromatic carbocycles. The molecular formula is C18H24N4O6. The zero-order valence-electron chi connectivity index (χ0n) is 15.9. The Morgan fingerprint density at radius 2 is 2.04 bits per heavy atom. The van der Waals surface area contributed by atoms with Crippen molar-refractivity contribution in [3.63, 3.8) is 0 Å². The number of ether oxygens (including phenoxy) is 1. The van der Waals surface area contributed by atoms with E-state index >= 15 is 0 Å². The lowest BCUT2D eigenvalue weighted by atomic mass is 10.2. The molecule has 0 saturated carbocycles. The molecule has 152 valence electrons. The molecule has 10 nitrogen and oxygen atoms in total. The largest absolute Gasteiger partial charge is 0.472 e. The highest BCUT2D eigenvalue weighted by Gasteiger charge is 2.25. The van der Waals surface area contributed by atoms with Crippen LogP contribution in [0, 0.1) is 0 Å². The fraction of sp³-hybridized carbons (Fsp3) is 0.444. The van der Waals surface area contributed by atoms with E-state index in [0.717, 1.165) is 11.3 Å². The number of aromatic nitrogens is 2. The Morgan fingerprint density at radius 1 is 1.29 bits per heavy atom. The fourth-order valence-corrected chi connectivity index (χ4v) is 2.63. The molecule has 0 aliphatic heterocycles. The van der Waals surface area contributed by atoms with Crippen LogP contribution >= 0.6 is 0 Å². The van der Waals surface area contributed by atoms with Crippen LogP contribution in [-0.2, 0) is 16.1 Å². The van der Waals surface area contributed by atoms with Gasteiger partial charge in [0, 0.05) is 13.1 Å². The van der Waals surface area contributed by atoms with Crippen LogP contribution in [0.1, 0.15) is 43.5 Å². The molecule has 0 atom stereocenters. The van der Waals surface area contributed by atoms with Gasteiger partial charge < -0.3 is 19.8 Å². The van der Waals surface area contributed by atoms with Gasteiger partial charge in [0.05, 0.1) is 11.8 Å². The van der Waals surface area contributed by atoms with Gasteiger partial charge in [-0.3, -0.25) is 19.1 Å². The predicted octanol–water partition coefficient (Wildman–Crippen LogP) is 1.11. The van der Waals surface area contributed by atoms with E-state index < -0.39 is 29.7 Å². The number of H-pyrrole nitrogens is 1. The summed E-state index contributed by atoms with van der Waals surface area (Å²) in [5, 5.41) is 0. The van der Waals surface area contributed by atoms with Crippen molar-refractivity contribution in [2.75, 3.05) is 23.8 Å². The van der Waals surface area contributed by atoms with Crippen molar-refractivity contribution in [2.24, 2.45) is 0 Å². The summed E-state index contributed by atoms with van der Waals surface area (Å²) in [6, 6.07) is 1.41. The van der Waals surface area contributed by atoms with Gasteiger partial charge in [-0.15, -0.1) is 0 Å². The highest BCUT2D eigenvalue weighted by Crippen LogP contribution is 2.18. The average molecular weight is 392 g/mol. The van der Waals surface area contributed by atoms with Crippen molar-refractivity contribution in [3.8, 4) is 0 Å². The molecule has 2 rings (SSSR count). The number of carbonyl (C=O) groups is 2. The van der Waals surface area contributed by atoms with E-state index in [9.17, 15) is 19.2 Å². The maximum absolute atomic E-state index is 12.7. The van der Waals surface area contributed by atoms with Gasteiger partial charge >= 0.3 is 11.7 Å². The Morgan fingerprint density at radius 3 is 2.64 bits per heavy atom. The summed E-state index contributed by atoms with van der Waals surface area (Å²) in [5.41, 5.74) is 4.69. The summed E-state index contributed by atoms with van der Waals surface area (Å²) < 4.78 is 11.0. The number of unbranched alkanes of at least 4 members (excludes halogenated alkanes) is 1. The Hall–Kier alpha value is -3.30. The van der Waals surface area contributed by atoms with Gasteiger partial charge in [0.15, 0.2) is 12.3 Å². The standard InChI is InChI=1S/C18H24N4O6/c1-3-5-8-21(13(23)11-28-17(25)12-6-9-27-10-12)14-15(19)22(7-4-2)18(26)20-16(14)24/h6,9-10H,3-5,7-8,11,19H2,1-2H3,(H,20,24,26). The summed E-state index contributed by atoms with van der Waals surface area (Å²) in [5.74, 6) is -1.44. The van der Waals surface area contributed by atoms with Gasteiger partial charge in [-0.25, -0.2) is 9.59 Å². The maximum Gasteiger partial charge on any atom is 0.341 e. The first-order valence-electron chi connectivity index (χ1n) is 9.02. The van der Waals surface area contributed by atoms with Gasteiger partial charge in [0.2, 0.25) is 0 Å². The normalized spacial score (nSPS) is 10.6. The summed E-state index contributed by atoms with van der Waals surface area (Å²) in [6.07, 6.45) is 4.47. The van der Waals surface area contributed by atoms with E-state index in [1.54, 1.807) is 0 Å². The first-order chi connectivity index (χ1) is 13.4. The SMILES string of the molecule is CCCCN(C(=O)COC(=O)c1ccoc1)c1c(N)n(CCC)c(=O)[nH]c1=O. The number of aromatic amines is 1. The first-order valence-corrected chi connectivity index (χ1v) is 9.02. The summed E-state index contributed by atoms with van der Waals surface area (Å²) in [4.78, 5) is 52.4. The first kappa shape index (κ1) is 21.0. The molecule has 10 heteroatoms. The average Bonchev–Trinajstić information content (AvgIpc) is 3.20. The number of amides is 1. The molecular weight excluding hydrogens is 368 g/mol. The maximum atomic E-state index is 12.7. The number of furan rings is 1. The Labute approximate surface area is 160 Å². The second-order valence-electron chi connectivity index (χ2n) is 6.13. The lowest BCUT2D eigenvalue weighted by Gasteiger charge is -2.24. The molecule has 28 heavy (non-hydrogen) atoms. The highest BCUT2D eigenvalue weighted by atomic mass is 16.5. The van der Waals surface area contributed by atoms with Crippen LogP contribution in [0.15, 0.2) is 32.6 Å². The van der Waals surface area contributed by atoms with Gasteiger partial charge in [0.25, 0.3) is 11.5 Å². The summed E-state index contributed by atoms with van der Waals surface area (Å²) in [6.45, 7) is 3.68. The minimum atomic E-state index is -0.763. The van der Waals surface area contributed by atoms with E-state index in [0.29, 0.717) is 19.4 Å². The van der Waals surface area contributed by atoms with Gasteiger partial charge in [0.1, 0.15) is 12.1 Å². The molecule has 0 aliphatic rings. The van der Waals surface area contributed by atoms with Crippen LogP contribution in [0.4, 0.5) is 11.5 Å². The third kappa shape index (κ3) is 4.70. The molecule has 0 saturated heterocycles. The number of nitrogens with zero attached hydrogens (tertiary/aromatic N) is 2. The van der Waals surface area contributed by atoms with Crippen molar-refractivity contribution < 1.29 is 18.7 Å². The Bertz CT molecular complexity index is 929. The molecule has 0 spiro atoms. The monoisotopic (exact) mass is 392 g/mol. The molecule has 1 amide bonds. The van der Waals surface area contributed by atoms with E-state index in [1.165, 1.54) is 23.2 Å². The minimum Gasteiger partial charge on any atom is -0.472 e. The van der Waals surface area contributed by atoms with Gasteiger partial charge in [-0.2, -0.15) is 0 Å². The van der Waals surface area contributed by atoms with Crippen molar-refractivity contribution in [1.82, 2.24) is 9.55 Å². The van der Waals surface area contributed by atoms with Crippen LogP contribution in [0.5, 0.6) is 0 Å². The van der Waals surface area contributed by atoms with E-state index in [-0.39, 0.29) is 23.6 Å². The molecule has 0 aliphatic carbocycles. The second kappa shape index (κ2) is 9.58. The van der Waals surface area contributed by atoms with Crippen molar-refractivity contribution in [2.45, 2.75) is 39.7 Å². The van der Waals surface area contributed by atoms with Crippen LogP contribution in [0.3, 0.4) is 0 Å². The van der Waals surface area contributed by atoms with Crippen LogP contribution in [0.2, 0.25) is 0 Å². The van der Waals surface area contributed by atoms with Gasteiger partial charge in [-0.1, -0.05) is 20.3 Å². The van der Waals surface area contributed by atoms with Gasteiger partial charge in [-0.05, 0) is 18.9 Å². The molecule has 0 bridgehead atoms. The van der Waals surface area contributed by atoms with Crippen molar-refractivity contribution in [1.29, 1.82) is 0 Å². The lowest BCUT2D eigenvalue weighted by Crippen LogP contribution is -2.43. The van der Waals surface area contributed by atoms with Crippen LogP contribution in [0.25, 0.3) is 0 Å². The second-order valence-corrected chi connectivity index (χ2v) is 6.13.